The molecule has 1 unspecified atom stereocenters. The fraction of sp³-hybridized carbons (Fsp3) is 0.200. The molecule has 1 fully saturated rings. The molecule has 1 aliphatic carbocycles. The quantitative estimate of drug-likeness (QED) is 0.418. The number of nitrogens with one attached hydrogen (secondary N) is 1. The molecule has 7 heteroatoms. The highest BCUT2D eigenvalue weighted by atomic mass is 16.5. The van der Waals surface area contributed by atoms with Gasteiger partial charge in [-0.05, 0) is 23.8 Å². The summed E-state index contributed by atoms with van der Waals surface area (Å²) in [5.41, 5.74) is 1.72. The zero-order valence-corrected chi connectivity index (χ0v) is 17.2. The normalized spacial score (nSPS) is 17.8. The van der Waals surface area contributed by atoms with Gasteiger partial charge in [0.2, 0.25) is 0 Å². The first kappa shape index (κ1) is 20.2. The van der Waals surface area contributed by atoms with E-state index in [4.69, 9.17) is 4.74 Å². The molecule has 32 heavy (non-hydrogen) atoms. The summed E-state index contributed by atoms with van der Waals surface area (Å²) >= 11 is 0. The Morgan fingerprint density at radius 3 is 2.34 bits per heavy atom. The Morgan fingerprint density at radius 2 is 1.59 bits per heavy atom. The molecule has 0 spiro atoms. The van der Waals surface area contributed by atoms with Gasteiger partial charge in [0.25, 0.3) is 0 Å². The monoisotopic (exact) mass is 430 g/mol. The van der Waals surface area contributed by atoms with Gasteiger partial charge in [0, 0.05) is 30.9 Å². The van der Waals surface area contributed by atoms with E-state index < -0.39 is 11.6 Å². The van der Waals surface area contributed by atoms with Crippen molar-refractivity contribution < 1.29 is 24.5 Å². The summed E-state index contributed by atoms with van der Waals surface area (Å²) in [7, 11) is 0. The van der Waals surface area contributed by atoms with E-state index in [2.05, 4.69) is 10.2 Å². The van der Waals surface area contributed by atoms with E-state index in [0.717, 1.165) is 12.1 Å². The van der Waals surface area contributed by atoms with E-state index >= 15 is 0 Å². The molecule has 0 radical (unpaired) electrons. The van der Waals surface area contributed by atoms with Gasteiger partial charge in [-0.25, -0.2) is 0 Å². The second-order valence-corrected chi connectivity index (χ2v) is 7.84. The molecule has 1 saturated heterocycles. The number of ketones is 2. The van der Waals surface area contributed by atoms with Crippen LogP contribution in [0, 0.1) is 0 Å². The fourth-order valence-corrected chi connectivity index (χ4v) is 4.43. The van der Waals surface area contributed by atoms with Gasteiger partial charge in [0.1, 0.15) is 17.7 Å². The number of phenolic OH excluding ortho intramolecular Hbond substituents is 2. The van der Waals surface area contributed by atoms with Crippen LogP contribution in [-0.2, 0) is 4.74 Å². The highest BCUT2D eigenvalue weighted by Crippen LogP contribution is 2.39. The summed E-state index contributed by atoms with van der Waals surface area (Å²) in [4.78, 5) is 28.4. The largest absolute Gasteiger partial charge is 0.507 e. The first-order valence-corrected chi connectivity index (χ1v) is 10.5. The van der Waals surface area contributed by atoms with Crippen molar-refractivity contribution in [3.05, 3.63) is 88.5 Å². The van der Waals surface area contributed by atoms with Crippen LogP contribution in [0.15, 0.2) is 60.7 Å². The SMILES string of the molecule is O=C1c2cccc(NCCN3CCOC3c3ccccc3)c2C(=O)c2c(O)ccc(O)c21. The van der Waals surface area contributed by atoms with Crippen LogP contribution in [0.4, 0.5) is 5.69 Å². The van der Waals surface area contributed by atoms with Crippen molar-refractivity contribution in [2.24, 2.45) is 0 Å². The standard InChI is InChI=1S/C25H22N2O5/c28-18-9-10-19(29)22-21(18)23(30)16-7-4-8-17(20(16)24(22)31)26-11-12-27-13-14-32-25(27)15-5-2-1-3-6-15/h1-10,25-26,28-29H,11-14H2. The van der Waals surface area contributed by atoms with E-state index in [-0.39, 0.29) is 40.0 Å². The number of nitrogens with zero attached hydrogens (tertiary/aromatic N) is 1. The zero-order chi connectivity index (χ0) is 22.2. The highest BCUT2D eigenvalue weighted by Gasteiger charge is 2.36. The second-order valence-electron chi connectivity index (χ2n) is 7.84. The molecule has 3 N–H and O–H groups in total. The number of hydrogen-bond acceptors (Lipinski definition) is 7. The van der Waals surface area contributed by atoms with Crippen LogP contribution >= 0.6 is 0 Å². The van der Waals surface area contributed by atoms with Gasteiger partial charge in [0.05, 0.1) is 23.3 Å². The molecular formula is C25H22N2O5. The molecule has 0 amide bonds. The number of ether oxygens (including phenoxy) is 1. The van der Waals surface area contributed by atoms with Crippen molar-refractivity contribution in [2.75, 3.05) is 31.6 Å². The molecule has 5 rings (SSSR count). The van der Waals surface area contributed by atoms with Gasteiger partial charge >= 0.3 is 0 Å². The molecule has 0 bridgehead atoms. The maximum Gasteiger partial charge on any atom is 0.200 e. The first-order valence-electron chi connectivity index (χ1n) is 10.5. The van der Waals surface area contributed by atoms with Crippen molar-refractivity contribution in [1.82, 2.24) is 4.90 Å². The Kier molecular flexibility index (Phi) is 5.13. The Bertz CT molecular complexity index is 1210. The lowest BCUT2D eigenvalue weighted by atomic mass is 9.82. The minimum Gasteiger partial charge on any atom is -0.507 e. The van der Waals surface area contributed by atoms with Crippen molar-refractivity contribution in [3.8, 4) is 11.5 Å². The lowest BCUT2D eigenvalue weighted by Gasteiger charge is -2.25. The molecule has 3 aromatic rings. The Labute approximate surface area is 184 Å². The predicted molar refractivity (Wildman–Crippen MR) is 118 cm³/mol. The van der Waals surface area contributed by atoms with Crippen LogP contribution < -0.4 is 5.32 Å². The van der Waals surface area contributed by atoms with E-state index in [1.54, 1.807) is 18.2 Å². The van der Waals surface area contributed by atoms with Crippen molar-refractivity contribution in [3.63, 3.8) is 0 Å². The third-order valence-corrected chi connectivity index (χ3v) is 5.94. The minimum absolute atomic E-state index is 0.113. The molecule has 2 aliphatic rings. The van der Waals surface area contributed by atoms with E-state index in [0.29, 0.717) is 25.4 Å². The Balaban J connectivity index is 1.37. The number of rotatable bonds is 5. The lowest BCUT2D eigenvalue weighted by Crippen LogP contribution is -2.30. The minimum atomic E-state index is -0.488. The number of benzene rings is 3. The van der Waals surface area contributed by atoms with Gasteiger partial charge in [-0.1, -0.05) is 42.5 Å². The number of carbonyl (C=O) groups is 2. The zero-order valence-electron chi connectivity index (χ0n) is 17.2. The fourth-order valence-electron chi connectivity index (χ4n) is 4.43. The van der Waals surface area contributed by atoms with Gasteiger partial charge in [-0.2, -0.15) is 0 Å². The summed E-state index contributed by atoms with van der Waals surface area (Å²) in [5.74, 6) is -1.61. The Morgan fingerprint density at radius 1 is 0.875 bits per heavy atom. The third-order valence-electron chi connectivity index (χ3n) is 5.94. The number of aromatic hydroxyl groups is 2. The third kappa shape index (κ3) is 3.32. The first-order chi connectivity index (χ1) is 15.6. The number of anilines is 1. The lowest BCUT2D eigenvalue weighted by molar-refractivity contribution is 0.0347. The van der Waals surface area contributed by atoms with Gasteiger partial charge < -0.3 is 20.3 Å². The van der Waals surface area contributed by atoms with Gasteiger partial charge in [-0.15, -0.1) is 0 Å². The van der Waals surface area contributed by atoms with Crippen LogP contribution in [0.3, 0.4) is 0 Å². The summed E-state index contributed by atoms with van der Waals surface area (Å²) in [6.45, 7) is 2.65. The van der Waals surface area contributed by atoms with Gasteiger partial charge in [-0.3, -0.25) is 14.5 Å². The predicted octanol–water partition coefficient (Wildman–Crippen LogP) is 3.32. The topological polar surface area (TPSA) is 99.1 Å². The van der Waals surface area contributed by atoms with Crippen LogP contribution in [-0.4, -0.2) is 52.9 Å². The smallest absolute Gasteiger partial charge is 0.200 e. The van der Waals surface area contributed by atoms with Crippen molar-refractivity contribution in [1.29, 1.82) is 0 Å². The number of phenols is 2. The molecule has 3 aromatic carbocycles. The summed E-state index contributed by atoms with van der Waals surface area (Å²) in [5, 5.41) is 23.6. The molecule has 1 atom stereocenters. The van der Waals surface area contributed by atoms with Crippen LogP contribution in [0.1, 0.15) is 43.6 Å². The maximum absolute atomic E-state index is 13.2. The van der Waals surface area contributed by atoms with E-state index in [1.807, 2.05) is 30.3 Å². The molecule has 0 saturated carbocycles. The molecule has 1 aliphatic heterocycles. The number of hydrogen-bond donors (Lipinski definition) is 3. The van der Waals surface area contributed by atoms with Crippen molar-refractivity contribution >= 4 is 17.3 Å². The van der Waals surface area contributed by atoms with Crippen LogP contribution in [0.2, 0.25) is 0 Å². The second kappa shape index (κ2) is 8.11. The maximum atomic E-state index is 13.2. The van der Waals surface area contributed by atoms with Crippen LogP contribution in [0.25, 0.3) is 0 Å². The highest BCUT2D eigenvalue weighted by molar-refractivity contribution is 6.31. The molecule has 0 aromatic heterocycles. The summed E-state index contributed by atoms with van der Waals surface area (Å²) in [6, 6.07) is 17.4. The number of fused-ring (bicyclic) bond motifs is 2. The van der Waals surface area contributed by atoms with Crippen molar-refractivity contribution in [2.45, 2.75) is 6.23 Å². The molecule has 1 heterocycles. The van der Waals surface area contributed by atoms with E-state index in [1.165, 1.54) is 12.1 Å². The molecule has 7 nitrogen and oxygen atoms in total. The van der Waals surface area contributed by atoms with Gasteiger partial charge in [0.15, 0.2) is 11.6 Å². The number of carbonyl (C=O) groups excluding carboxylic acids is 2. The van der Waals surface area contributed by atoms with E-state index in [9.17, 15) is 19.8 Å². The Hall–Kier alpha value is -3.68. The average molecular weight is 430 g/mol. The summed E-state index contributed by atoms with van der Waals surface area (Å²) in [6.07, 6.45) is -0.113. The average Bonchev–Trinajstić information content (AvgIpc) is 3.28. The summed E-state index contributed by atoms with van der Waals surface area (Å²) < 4.78 is 5.89. The molecular weight excluding hydrogens is 408 g/mol. The van der Waals surface area contributed by atoms with Crippen LogP contribution in [0.5, 0.6) is 11.5 Å². The molecule has 162 valence electrons.